The van der Waals surface area contributed by atoms with Crippen molar-refractivity contribution in [2.24, 2.45) is 5.92 Å². The molecule has 0 N–H and O–H groups in total. The molecule has 1 aromatic heterocycles. The molecule has 0 radical (unpaired) electrons. The van der Waals surface area contributed by atoms with Gasteiger partial charge in [-0.25, -0.2) is 0 Å². The van der Waals surface area contributed by atoms with Crippen LogP contribution in [0.1, 0.15) is 29.3 Å². The van der Waals surface area contributed by atoms with Crippen molar-refractivity contribution in [2.75, 3.05) is 0 Å². The highest BCUT2D eigenvalue weighted by Crippen LogP contribution is 2.23. The van der Waals surface area contributed by atoms with Gasteiger partial charge in [-0.2, -0.15) is 0 Å². The molecular formula is C10H11NO. The van der Waals surface area contributed by atoms with Gasteiger partial charge in [0.1, 0.15) is 0 Å². The summed E-state index contributed by atoms with van der Waals surface area (Å²) in [5.41, 5.74) is 1.99. The number of hydrogen-bond donors (Lipinski definition) is 0. The summed E-state index contributed by atoms with van der Waals surface area (Å²) in [6.45, 7) is 1.98. The second-order valence-corrected chi connectivity index (χ2v) is 3.34. The van der Waals surface area contributed by atoms with E-state index in [1.54, 1.807) is 12.4 Å². The first-order valence-corrected chi connectivity index (χ1v) is 4.26. The molecule has 0 fully saturated rings. The Morgan fingerprint density at radius 2 is 2.42 bits per heavy atom. The maximum atomic E-state index is 11.6. The van der Waals surface area contributed by atoms with E-state index in [9.17, 15) is 4.79 Å². The molecule has 1 aliphatic carbocycles. The molecular weight excluding hydrogens is 150 g/mol. The minimum atomic E-state index is 0.182. The zero-order valence-electron chi connectivity index (χ0n) is 7.08. The Morgan fingerprint density at radius 3 is 3.25 bits per heavy atom. The fourth-order valence-electron chi connectivity index (χ4n) is 1.63. The fraction of sp³-hybridized carbons (Fsp3) is 0.400. The van der Waals surface area contributed by atoms with E-state index >= 15 is 0 Å². The summed E-state index contributed by atoms with van der Waals surface area (Å²) in [6, 6.07) is 1.94. The zero-order valence-corrected chi connectivity index (χ0v) is 7.08. The smallest absolute Gasteiger partial charge is 0.167 e. The van der Waals surface area contributed by atoms with Gasteiger partial charge in [-0.15, -0.1) is 0 Å². The molecule has 1 aliphatic rings. The normalized spacial score (nSPS) is 22.1. The van der Waals surface area contributed by atoms with E-state index in [2.05, 4.69) is 4.98 Å². The van der Waals surface area contributed by atoms with Crippen molar-refractivity contribution in [1.29, 1.82) is 0 Å². The first kappa shape index (κ1) is 7.47. The summed E-state index contributed by atoms with van der Waals surface area (Å²) in [6.07, 6.45) is 5.44. The number of pyridine rings is 1. The van der Waals surface area contributed by atoms with E-state index in [0.29, 0.717) is 0 Å². The van der Waals surface area contributed by atoms with Gasteiger partial charge in [-0.1, -0.05) is 6.92 Å². The Bertz CT molecular complexity index is 319. The van der Waals surface area contributed by atoms with Crippen molar-refractivity contribution in [2.45, 2.75) is 19.8 Å². The van der Waals surface area contributed by atoms with Crippen LogP contribution >= 0.6 is 0 Å². The molecule has 62 valence electrons. The molecule has 2 heteroatoms. The zero-order chi connectivity index (χ0) is 8.55. The van der Waals surface area contributed by atoms with Crippen molar-refractivity contribution in [3.63, 3.8) is 0 Å². The van der Waals surface area contributed by atoms with E-state index in [1.807, 2.05) is 13.0 Å². The first-order chi connectivity index (χ1) is 5.79. The lowest BCUT2D eigenvalue weighted by atomic mass is 9.85. The highest BCUT2D eigenvalue weighted by molar-refractivity contribution is 5.99. The predicted molar refractivity (Wildman–Crippen MR) is 46.1 cm³/mol. The highest BCUT2D eigenvalue weighted by Gasteiger charge is 2.23. The SMILES string of the molecule is CC1CCc2ccncc2C1=O. The Hall–Kier alpha value is -1.18. The maximum Gasteiger partial charge on any atom is 0.167 e. The largest absolute Gasteiger partial charge is 0.294 e. The predicted octanol–water partition coefficient (Wildman–Crippen LogP) is 1.85. The number of ketones is 1. The van der Waals surface area contributed by atoms with Crippen LogP contribution in [0.2, 0.25) is 0 Å². The van der Waals surface area contributed by atoms with Crippen LogP contribution in [0.3, 0.4) is 0 Å². The lowest BCUT2D eigenvalue weighted by Crippen LogP contribution is -2.19. The van der Waals surface area contributed by atoms with Gasteiger partial charge in [0, 0.05) is 23.9 Å². The van der Waals surface area contributed by atoms with E-state index in [0.717, 1.165) is 24.0 Å². The number of nitrogens with zero attached hydrogens (tertiary/aromatic N) is 1. The minimum absolute atomic E-state index is 0.182. The van der Waals surface area contributed by atoms with Crippen LogP contribution in [0.25, 0.3) is 0 Å². The molecule has 12 heavy (non-hydrogen) atoms. The van der Waals surface area contributed by atoms with E-state index < -0.39 is 0 Å². The van der Waals surface area contributed by atoms with Gasteiger partial charge in [0.05, 0.1) is 0 Å². The van der Waals surface area contributed by atoms with Crippen molar-refractivity contribution in [3.05, 3.63) is 29.6 Å². The average molecular weight is 161 g/mol. The third-order valence-corrected chi connectivity index (χ3v) is 2.47. The van der Waals surface area contributed by atoms with Crippen LogP contribution < -0.4 is 0 Å². The second-order valence-electron chi connectivity index (χ2n) is 3.34. The van der Waals surface area contributed by atoms with Crippen molar-refractivity contribution in [1.82, 2.24) is 4.98 Å². The monoisotopic (exact) mass is 161 g/mol. The van der Waals surface area contributed by atoms with Crippen LogP contribution in [-0.4, -0.2) is 10.8 Å². The van der Waals surface area contributed by atoms with Crippen molar-refractivity contribution >= 4 is 5.78 Å². The van der Waals surface area contributed by atoms with Gasteiger partial charge in [0.15, 0.2) is 5.78 Å². The highest BCUT2D eigenvalue weighted by atomic mass is 16.1. The summed E-state index contributed by atoms with van der Waals surface area (Å²) in [5, 5.41) is 0. The average Bonchev–Trinajstić information content (AvgIpc) is 2.12. The summed E-state index contributed by atoms with van der Waals surface area (Å²) < 4.78 is 0. The summed E-state index contributed by atoms with van der Waals surface area (Å²) in [5.74, 6) is 0.436. The van der Waals surface area contributed by atoms with Gasteiger partial charge < -0.3 is 0 Å². The third-order valence-electron chi connectivity index (χ3n) is 2.47. The van der Waals surface area contributed by atoms with Crippen molar-refractivity contribution in [3.8, 4) is 0 Å². The Labute approximate surface area is 71.6 Å². The molecule has 2 nitrogen and oxygen atoms in total. The van der Waals surface area contributed by atoms with E-state index in [-0.39, 0.29) is 11.7 Å². The molecule has 1 atom stereocenters. The molecule has 0 aliphatic heterocycles. The number of Topliss-reactive ketones (excluding diaryl/α,β-unsaturated/α-hetero) is 1. The topological polar surface area (TPSA) is 30.0 Å². The number of fused-ring (bicyclic) bond motifs is 1. The molecule has 0 saturated heterocycles. The van der Waals surface area contributed by atoms with Gasteiger partial charge >= 0.3 is 0 Å². The van der Waals surface area contributed by atoms with Gasteiger partial charge in [-0.3, -0.25) is 9.78 Å². The van der Waals surface area contributed by atoms with Crippen LogP contribution in [-0.2, 0) is 6.42 Å². The molecule has 0 saturated carbocycles. The molecule has 0 amide bonds. The van der Waals surface area contributed by atoms with Crippen LogP contribution in [0.5, 0.6) is 0 Å². The summed E-state index contributed by atoms with van der Waals surface area (Å²) >= 11 is 0. The number of aromatic nitrogens is 1. The quantitative estimate of drug-likeness (QED) is 0.581. The van der Waals surface area contributed by atoms with Crippen LogP contribution in [0.4, 0.5) is 0 Å². The number of carbonyl (C=O) groups excluding carboxylic acids is 1. The maximum absolute atomic E-state index is 11.6. The second kappa shape index (κ2) is 2.70. The Morgan fingerprint density at radius 1 is 1.58 bits per heavy atom. The van der Waals surface area contributed by atoms with Crippen LogP contribution in [0.15, 0.2) is 18.5 Å². The lowest BCUT2D eigenvalue weighted by Gasteiger charge is -2.18. The summed E-state index contributed by atoms with van der Waals surface area (Å²) in [7, 11) is 0. The number of rotatable bonds is 0. The van der Waals surface area contributed by atoms with E-state index in [4.69, 9.17) is 0 Å². The molecule has 1 aromatic rings. The Balaban J connectivity index is 2.49. The molecule has 0 aromatic carbocycles. The number of carbonyl (C=O) groups is 1. The first-order valence-electron chi connectivity index (χ1n) is 4.26. The number of hydrogen-bond acceptors (Lipinski definition) is 2. The standard InChI is InChI=1S/C10H11NO/c1-7-2-3-8-4-5-11-6-9(8)10(7)12/h4-7H,2-3H2,1H3. The fourth-order valence-corrected chi connectivity index (χ4v) is 1.63. The van der Waals surface area contributed by atoms with Gasteiger partial charge in [-0.05, 0) is 24.5 Å². The van der Waals surface area contributed by atoms with Gasteiger partial charge in [0.25, 0.3) is 0 Å². The van der Waals surface area contributed by atoms with Gasteiger partial charge in [0.2, 0.25) is 0 Å². The van der Waals surface area contributed by atoms with Crippen LogP contribution in [0, 0.1) is 5.92 Å². The minimum Gasteiger partial charge on any atom is -0.294 e. The molecule has 1 heterocycles. The molecule has 2 rings (SSSR count). The van der Waals surface area contributed by atoms with Crippen molar-refractivity contribution < 1.29 is 4.79 Å². The molecule has 0 spiro atoms. The van der Waals surface area contributed by atoms with E-state index in [1.165, 1.54) is 0 Å². The summed E-state index contributed by atoms with van der Waals surface area (Å²) in [4.78, 5) is 15.5. The lowest BCUT2D eigenvalue weighted by molar-refractivity contribution is 0.0913. The number of aryl methyl sites for hydroxylation is 1. The molecule has 0 bridgehead atoms. The third kappa shape index (κ3) is 1.04. The Kier molecular flexibility index (Phi) is 1.68. The molecule has 1 unspecified atom stereocenters.